The number of ether oxygens (including phenoxy) is 10. The Labute approximate surface area is 390 Å². The van der Waals surface area contributed by atoms with Gasteiger partial charge in [0.05, 0.1) is 35.5 Å². The van der Waals surface area contributed by atoms with Gasteiger partial charge in [0.2, 0.25) is 0 Å². The molecule has 0 aromatic heterocycles. The molecule has 1 N–H and O–H groups in total. The van der Waals surface area contributed by atoms with Gasteiger partial charge in [0, 0.05) is 17.0 Å². The fourth-order valence-electron chi connectivity index (χ4n) is 7.80. The van der Waals surface area contributed by atoms with E-state index in [4.69, 9.17) is 52.9 Å². The van der Waals surface area contributed by atoms with Crippen LogP contribution in [-0.2, 0) is 47.4 Å². The third-order valence-electron chi connectivity index (χ3n) is 11.2. The normalized spacial score (nSPS) is 26.5. The monoisotopic (exact) mass is 929 g/mol. The summed E-state index contributed by atoms with van der Waals surface area (Å²) >= 11 is 0. The van der Waals surface area contributed by atoms with Crippen LogP contribution in [0.2, 0.25) is 0 Å². The van der Waals surface area contributed by atoms with Gasteiger partial charge in [0.1, 0.15) is 37.1 Å². The summed E-state index contributed by atoms with van der Waals surface area (Å²) in [6.45, 7) is -0.751. The Kier molecular flexibility index (Phi) is 16.2. The first-order valence-electron chi connectivity index (χ1n) is 21.9. The lowest BCUT2D eigenvalue weighted by Gasteiger charge is -2.50. The molecule has 3 aliphatic heterocycles. The Morgan fingerprint density at radius 3 is 1.65 bits per heavy atom. The van der Waals surface area contributed by atoms with Crippen LogP contribution >= 0.6 is 0 Å². The first-order valence-corrected chi connectivity index (χ1v) is 21.9. The summed E-state index contributed by atoms with van der Waals surface area (Å²) in [6, 6.07) is 41.2. The molecule has 5 aromatic carbocycles. The maximum absolute atomic E-state index is 14.2. The van der Waals surface area contributed by atoms with E-state index < -0.39 is 98.2 Å². The predicted octanol–water partition coefficient (Wildman–Crippen LogP) is 6.55. The van der Waals surface area contributed by atoms with Crippen molar-refractivity contribution in [3.8, 4) is 0 Å². The van der Waals surface area contributed by atoms with Gasteiger partial charge in [-0.25, -0.2) is 19.2 Å². The molecule has 11 atom stereocenters. The molecule has 0 spiro atoms. The van der Waals surface area contributed by atoms with Crippen LogP contribution < -0.4 is 0 Å². The van der Waals surface area contributed by atoms with E-state index in [2.05, 4.69) is 10.0 Å². The quantitative estimate of drug-likeness (QED) is 0.0260. The number of fused-ring (bicyclic) bond motifs is 1. The molecule has 0 amide bonds. The highest BCUT2D eigenvalue weighted by Gasteiger charge is 2.57. The second kappa shape index (κ2) is 23.1. The molecule has 68 heavy (non-hydrogen) atoms. The number of aliphatic hydroxyl groups excluding tert-OH is 1. The van der Waals surface area contributed by atoms with Crippen LogP contribution in [-0.4, -0.2) is 117 Å². The number of azide groups is 1. The molecule has 0 bridgehead atoms. The molecule has 0 radical (unpaired) electrons. The Balaban J connectivity index is 1.19. The van der Waals surface area contributed by atoms with Crippen LogP contribution in [0.25, 0.3) is 10.4 Å². The Morgan fingerprint density at radius 2 is 1.10 bits per heavy atom. The van der Waals surface area contributed by atoms with Gasteiger partial charge < -0.3 is 52.5 Å². The van der Waals surface area contributed by atoms with E-state index in [1.807, 2.05) is 6.07 Å². The fraction of sp³-hybridized carbons (Fsp3) is 0.320. The first-order chi connectivity index (χ1) is 33.3. The van der Waals surface area contributed by atoms with Gasteiger partial charge in [-0.15, -0.1) is 0 Å². The highest BCUT2D eigenvalue weighted by molar-refractivity contribution is 5.91. The number of carbonyl (C=O) groups is 4. The highest BCUT2D eigenvalue weighted by atomic mass is 16.8. The number of benzene rings is 5. The summed E-state index contributed by atoms with van der Waals surface area (Å²) < 4.78 is 62.5. The number of hydrogen-bond acceptors (Lipinski definition) is 16. The molecule has 0 unspecified atom stereocenters. The van der Waals surface area contributed by atoms with Crippen molar-refractivity contribution in [2.45, 2.75) is 74.1 Å². The molecule has 3 saturated heterocycles. The van der Waals surface area contributed by atoms with E-state index in [-0.39, 0.29) is 48.4 Å². The Bertz CT molecular complexity index is 2490. The second-order valence-electron chi connectivity index (χ2n) is 15.7. The van der Waals surface area contributed by atoms with E-state index in [1.54, 1.807) is 109 Å². The summed E-state index contributed by atoms with van der Waals surface area (Å²) in [7, 11) is 0. The average molecular weight is 930 g/mol. The van der Waals surface area contributed by atoms with Gasteiger partial charge in [-0.3, -0.25) is 0 Å². The zero-order valence-corrected chi connectivity index (χ0v) is 36.3. The minimum atomic E-state index is -1.70. The molecule has 3 aliphatic rings. The highest BCUT2D eigenvalue weighted by Crippen LogP contribution is 2.39. The zero-order chi connectivity index (χ0) is 47.2. The molecule has 352 valence electrons. The van der Waals surface area contributed by atoms with Crippen LogP contribution in [0.15, 0.2) is 157 Å². The van der Waals surface area contributed by atoms with Gasteiger partial charge in [-0.2, -0.15) is 0 Å². The molecule has 3 fully saturated rings. The first kappa shape index (κ1) is 47.5. The van der Waals surface area contributed by atoms with Crippen molar-refractivity contribution in [2.24, 2.45) is 5.11 Å². The maximum atomic E-state index is 14.2. The molecule has 18 heteroatoms. The molecule has 0 aliphatic carbocycles. The summed E-state index contributed by atoms with van der Waals surface area (Å²) in [4.78, 5) is 58.3. The smallest absolute Gasteiger partial charge is 0.338 e. The zero-order valence-electron chi connectivity index (χ0n) is 36.3. The number of rotatable bonds is 17. The standard InChI is InChI=1S/C50H47N3O15/c51-53-52-27-16-28-59-49-43(66-47(58)34-23-12-4-13-24-34)42(65-46(57)33-21-10-3-11-22-33)40(37(62-49)29-60-44(55)31-17-6-1-7-18-31)68-50-41(64-45(56)32-19-8-2-9-20-32)38(54)39-36(63-50)30-61-48(67-39)35-25-14-5-15-26-35/h1-15,17-26,36-43,48-50,54H,16,27-30H2/t36-,37-,38+,39-,40-,41-,42+,43-,48-,49-,50+/m1/s1. The van der Waals surface area contributed by atoms with Crippen molar-refractivity contribution >= 4 is 23.9 Å². The number of aliphatic hydroxyl groups is 1. The number of esters is 4. The van der Waals surface area contributed by atoms with Crippen molar-refractivity contribution in [1.82, 2.24) is 0 Å². The topological polar surface area (TPSA) is 230 Å². The number of carbonyl (C=O) groups excluding carboxylic acids is 4. The lowest BCUT2D eigenvalue weighted by atomic mass is 9.95. The van der Waals surface area contributed by atoms with Crippen molar-refractivity contribution < 1.29 is 71.7 Å². The van der Waals surface area contributed by atoms with Gasteiger partial charge in [-0.1, -0.05) is 108 Å². The molecule has 0 saturated carbocycles. The number of nitrogens with zero attached hydrogens (tertiary/aromatic N) is 3. The van der Waals surface area contributed by atoms with E-state index in [0.29, 0.717) is 5.56 Å². The molecule has 8 rings (SSSR count). The Morgan fingerprint density at radius 1 is 0.603 bits per heavy atom. The van der Waals surface area contributed by atoms with E-state index >= 15 is 0 Å². The van der Waals surface area contributed by atoms with Crippen LogP contribution in [0.1, 0.15) is 59.7 Å². The summed E-state index contributed by atoms with van der Waals surface area (Å²) in [5.41, 5.74) is 10.1. The fourth-order valence-corrected chi connectivity index (χ4v) is 7.80. The average Bonchev–Trinajstić information content (AvgIpc) is 3.39. The minimum Gasteiger partial charge on any atom is -0.459 e. The summed E-state index contributed by atoms with van der Waals surface area (Å²) in [5.74, 6) is -3.34. The van der Waals surface area contributed by atoms with E-state index in [1.165, 1.54) is 36.4 Å². The largest absolute Gasteiger partial charge is 0.459 e. The van der Waals surface area contributed by atoms with Crippen molar-refractivity contribution in [3.63, 3.8) is 0 Å². The third kappa shape index (κ3) is 11.7. The predicted molar refractivity (Wildman–Crippen MR) is 236 cm³/mol. The van der Waals surface area contributed by atoms with Crippen LogP contribution in [0.4, 0.5) is 0 Å². The summed E-state index contributed by atoms with van der Waals surface area (Å²) in [5, 5.41) is 15.8. The van der Waals surface area contributed by atoms with Crippen LogP contribution in [0, 0.1) is 0 Å². The van der Waals surface area contributed by atoms with E-state index in [9.17, 15) is 24.3 Å². The van der Waals surface area contributed by atoms with E-state index in [0.717, 1.165) is 0 Å². The van der Waals surface area contributed by atoms with Crippen LogP contribution in [0.3, 0.4) is 0 Å². The van der Waals surface area contributed by atoms with Gasteiger partial charge in [-0.05, 0) is 60.5 Å². The third-order valence-corrected chi connectivity index (χ3v) is 11.2. The minimum absolute atomic E-state index is 0.0418. The Hall–Kier alpha value is -6.99. The second-order valence-corrected chi connectivity index (χ2v) is 15.7. The molecular formula is C50H47N3O15. The molecule has 18 nitrogen and oxygen atoms in total. The lowest BCUT2D eigenvalue weighted by Crippen LogP contribution is -2.67. The van der Waals surface area contributed by atoms with Gasteiger partial charge >= 0.3 is 23.9 Å². The molecule has 5 aromatic rings. The molecule has 3 heterocycles. The van der Waals surface area contributed by atoms with Crippen LogP contribution in [0.5, 0.6) is 0 Å². The maximum Gasteiger partial charge on any atom is 0.338 e. The van der Waals surface area contributed by atoms with Gasteiger partial charge in [0.15, 0.2) is 37.2 Å². The van der Waals surface area contributed by atoms with Crippen molar-refractivity contribution in [2.75, 3.05) is 26.4 Å². The van der Waals surface area contributed by atoms with Crippen molar-refractivity contribution in [1.29, 1.82) is 0 Å². The van der Waals surface area contributed by atoms with Gasteiger partial charge in [0.25, 0.3) is 0 Å². The lowest BCUT2D eigenvalue weighted by molar-refractivity contribution is -0.384. The SMILES string of the molecule is [N-]=[N+]=NCCCO[C@@H]1O[C@H](COC(=O)c2ccccc2)[C@@H](O[C@@H]2O[C@@H]3CO[C@@H](c4ccccc4)O[C@H]3[C@H](O)[C@H]2OC(=O)c2ccccc2)[C@H](OC(=O)c2ccccc2)[C@H]1OC(=O)c1ccccc1. The molecular weight excluding hydrogens is 883 g/mol. The number of hydrogen-bond donors (Lipinski definition) is 1. The van der Waals surface area contributed by atoms with Crippen molar-refractivity contribution in [3.05, 3.63) is 190 Å². The summed E-state index contributed by atoms with van der Waals surface area (Å²) in [6.07, 6.45) is -15.7.